The Labute approximate surface area is 155 Å². The summed E-state index contributed by atoms with van der Waals surface area (Å²) >= 11 is 6.20. The molecule has 0 aliphatic carbocycles. The highest BCUT2D eigenvalue weighted by atomic mass is 35.5. The SMILES string of the molecule is CCC(c1ccccc1)c1nc2cc(Cl)ccc2n1CCCN(C)C. The first-order valence-corrected chi connectivity index (χ1v) is 9.33. The van der Waals surface area contributed by atoms with Crippen LogP contribution in [0.2, 0.25) is 5.02 Å². The van der Waals surface area contributed by atoms with Gasteiger partial charge < -0.3 is 9.47 Å². The lowest BCUT2D eigenvalue weighted by atomic mass is 9.95. The van der Waals surface area contributed by atoms with Crippen LogP contribution in [0.25, 0.3) is 11.0 Å². The lowest BCUT2D eigenvalue weighted by Crippen LogP contribution is -2.17. The summed E-state index contributed by atoms with van der Waals surface area (Å²) in [5.41, 5.74) is 3.48. The number of aryl methyl sites for hydroxylation is 1. The lowest BCUT2D eigenvalue weighted by Gasteiger charge is -2.18. The largest absolute Gasteiger partial charge is 0.327 e. The lowest BCUT2D eigenvalue weighted by molar-refractivity contribution is 0.385. The number of benzene rings is 2. The summed E-state index contributed by atoms with van der Waals surface area (Å²) in [4.78, 5) is 7.21. The van der Waals surface area contributed by atoms with E-state index in [0.717, 1.165) is 42.3 Å². The molecule has 2 aromatic carbocycles. The minimum atomic E-state index is 0.298. The molecule has 4 heteroatoms. The molecule has 0 amide bonds. The van der Waals surface area contributed by atoms with Crippen LogP contribution in [-0.4, -0.2) is 35.1 Å². The van der Waals surface area contributed by atoms with E-state index in [2.05, 4.69) is 66.9 Å². The maximum atomic E-state index is 6.20. The van der Waals surface area contributed by atoms with Crippen LogP contribution in [0.1, 0.15) is 37.1 Å². The second-order valence-corrected chi connectivity index (χ2v) is 7.22. The van der Waals surface area contributed by atoms with Gasteiger partial charge in [-0.3, -0.25) is 0 Å². The molecule has 0 saturated heterocycles. The highest BCUT2D eigenvalue weighted by molar-refractivity contribution is 6.31. The second-order valence-electron chi connectivity index (χ2n) is 6.78. The van der Waals surface area contributed by atoms with Crippen molar-refractivity contribution in [1.29, 1.82) is 0 Å². The number of hydrogen-bond donors (Lipinski definition) is 0. The topological polar surface area (TPSA) is 21.1 Å². The van der Waals surface area contributed by atoms with Gasteiger partial charge in [0.1, 0.15) is 5.82 Å². The van der Waals surface area contributed by atoms with Crippen molar-refractivity contribution in [2.24, 2.45) is 0 Å². The quantitative estimate of drug-likeness (QED) is 0.582. The molecular formula is C21H26ClN3. The van der Waals surface area contributed by atoms with Crippen LogP contribution in [0.5, 0.6) is 0 Å². The fourth-order valence-electron chi connectivity index (χ4n) is 3.42. The molecule has 1 heterocycles. The Morgan fingerprint density at radius 2 is 1.88 bits per heavy atom. The van der Waals surface area contributed by atoms with Crippen LogP contribution in [0.15, 0.2) is 48.5 Å². The average molecular weight is 356 g/mol. The number of fused-ring (bicyclic) bond motifs is 1. The number of aromatic nitrogens is 2. The number of rotatable bonds is 7. The van der Waals surface area contributed by atoms with Gasteiger partial charge in [0.25, 0.3) is 0 Å². The van der Waals surface area contributed by atoms with Crippen LogP contribution in [-0.2, 0) is 6.54 Å². The standard InChI is InChI=1S/C21H26ClN3/c1-4-18(16-9-6-5-7-10-16)21-23-19-15-17(22)11-12-20(19)25(21)14-8-13-24(2)3/h5-7,9-12,15,18H,4,8,13-14H2,1-3H3. The molecule has 0 aliphatic heterocycles. The van der Waals surface area contributed by atoms with E-state index in [9.17, 15) is 0 Å². The molecule has 0 bridgehead atoms. The third-order valence-electron chi connectivity index (χ3n) is 4.65. The molecule has 0 saturated carbocycles. The Morgan fingerprint density at radius 1 is 1.12 bits per heavy atom. The van der Waals surface area contributed by atoms with Crippen LogP contribution in [0.3, 0.4) is 0 Å². The molecule has 0 N–H and O–H groups in total. The van der Waals surface area contributed by atoms with E-state index in [-0.39, 0.29) is 0 Å². The molecule has 3 nitrogen and oxygen atoms in total. The maximum absolute atomic E-state index is 6.20. The Kier molecular flexibility index (Phi) is 5.77. The summed E-state index contributed by atoms with van der Waals surface area (Å²) in [5.74, 6) is 1.44. The zero-order valence-electron chi connectivity index (χ0n) is 15.2. The van der Waals surface area contributed by atoms with Crippen LogP contribution >= 0.6 is 11.6 Å². The fraction of sp³-hybridized carbons (Fsp3) is 0.381. The Balaban J connectivity index is 2.05. The molecular weight excluding hydrogens is 330 g/mol. The van der Waals surface area contributed by atoms with Gasteiger partial charge in [-0.25, -0.2) is 4.98 Å². The Morgan fingerprint density at radius 3 is 2.56 bits per heavy atom. The van der Waals surface area contributed by atoms with Crippen LogP contribution < -0.4 is 0 Å². The van der Waals surface area contributed by atoms with E-state index in [4.69, 9.17) is 16.6 Å². The van der Waals surface area contributed by atoms with E-state index in [1.54, 1.807) is 0 Å². The van der Waals surface area contributed by atoms with E-state index in [0.29, 0.717) is 5.92 Å². The molecule has 1 unspecified atom stereocenters. The summed E-state index contributed by atoms with van der Waals surface area (Å²) in [6, 6.07) is 16.7. The Bertz CT molecular complexity index is 824. The summed E-state index contributed by atoms with van der Waals surface area (Å²) in [6.07, 6.45) is 2.12. The van der Waals surface area contributed by atoms with Crippen molar-refractivity contribution in [3.8, 4) is 0 Å². The second kappa shape index (κ2) is 8.03. The molecule has 25 heavy (non-hydrogen) atoms. The van der Waals surface area contributed by atoms with Crippen molar-refractivity contribution < 1.29 is 0 Å². The van der Waals surface area contributed by atoms with Crippen molar-refractivity contribution in [2.75, 3.05) is 20.6 Å². The molecule has 1 aromatic heterocycles. The minimum absolute atomic E-state index is 0.298. The first-order chi connectivity index (χ1) is 12.1. The van der Waals surface area contributed by atoms with Gasteiger partial charge in [-0.2, -0.15) is 0 Å². The molecule has 0 aliphatic rings. The van der Waals surface area contributed by atoms with Gasteiger partial charge in [0.05, 0.1) is 11.0 Å². The zero-order chi connectivity index (χ0) is 17.8. The summed E-state index contributed by atoms with van der Waals surface area (Å²) < 4.78 is 2.39. The van der Waals surface area contributed by atoms with Crippen molar-refractivity contribution >= 4 is 22.6 Å². The Hall–Kier alpha value is -1.84. The van der Waals surface area contributed by atoms with Gasteiger partial charge >= 0.3 is 0 Å². The molecule has 1 atom stereocenters. The zero-order valence-corrected chi connectivity index (χ0v) is 16.0. The highest BCUT2D eigenvalue weighted by Gasteiger charge is 2.20. The van der Waals surface area contributed by atoms with Crippen molar-refractivity contribution in [2.45, 2.75) is 32.2 Å². The van der Waals surface area contributed by atoms with Gasteiger partial charge in [0.15, 0.2) is 0 Å². The molecule has 0 spiro atoms. The first-order valence-electron chi connectivity index (χ1n) is 8.95. The van der Waals surface area contributed by atoms with E-state index >= 15 is 0 Å². The van der Waals surface area contributed by atoms with Crippen molar-refractivity contribution in [3.05, 3.63) is 64.9 Å². The van der Waals surface area contributed by atoms with Gasteiger partial charge in [0.2, 0.25) is 0 Å². The molecule has 3 rings (SSSR count). The predicted molar refractivity (Wildman–Crippen MR) is 106 cm³/mol. The van der Waals surface area contributed by atoms with Crippen molar-refractivity contribution in [3.63, 3.8) is 0 Å². The fourth-order valence-corrected chi connectivity index (χ4v) is 3.59. The van der Waals surface area contributed by atoms with Crippen LogP contribution in [0.4, 0.5) is 0 Å². The number of imidazole rings is 1. The van der Waals surface area contributed by atoms with Gasteiger partial charge in [-0.1, -0.05) is 48.9 Å². The molecule has 0 fully saturated rings. The summed E-state index contributed by atoms with van der Waals surface area (Å²) in [7, 11) is 4.23. The maximum Gasteiger partial charge on any atom is 0.117 e. The number of hydrogen-bond acceptors (Lipinski definition) is 2. The molecule has 3 aromatic rings. The first kappa shape index (κ1) is 18.0. The van der Waals surface area contributed by atoms with Crippen molar-refractivity contribution in [1.82, 2.24) is 14.5 Å². The minimum Gasteiger partial charge on any atom is -0.327 e. The van der Waals surface area contributed by atoms with Crippen LogP contribution in [0, 0.1) is 0 Å². The molecule has 0 radical (unpaired) electrons. The monoisotopic (exact) mass is 355 g/mol. The van der Waals surface area contributed by atoms with E-state index < -0.39 is 0 Å². The van der Waals surface area contributed by atoms with Gasteiger partial charge in [-0.05, 0) is 57.2 Å². The predicted octanol–water partition coefficient (Wildman–Crippen LogP) is 5.18. The number of nitrogens with zero attached hydrogens (tertiary/aromatic N) is 3. The summed E-state index contributed by atoms with van der Waals surface area (Å²) in [5, 5.41) is 0.741. The average Bonchev–Trinajstić information content (AvgIpc) is 2.94. The summed E-state index contributed by atoms with van der Waals surface area (Å²) in [6.45, 7) is 4.26. The molecule has 132 valence electrons. The third-order valence-corrected chi connectivity index (χ3v) is 4.88. The van der Waals surface area contributed by atoms with E-state index in [1.807, 2.05) is 12.1 Å². The van der Waals surface area contributed by atoms with E-state index in [1.165, 1.54) is 11.1 Å². The van der Waals surface area contributed by atoms with Gasteiger partial charge in [-0.15, -0.1) is 0 Å². The normalized spacial score (nSPS) is 12.8. The number of halogens is 1. The third kappa shape index (κ3) is 4.05. The van der Waals surface area contributed by atoms with Gasteiger partial charge in [0, 0.05) is 17.5 Å². The smallest absolute Gasteiger partial charge is 0.117 e. The highest BCUT2D eigenvalue weighted by Crippen LogP contribution is 2.31.